The molecule has 29 heavy (non-hydrogen) atoms. The number of nitrogens with zero attached hydrogens (tertiary/aromatic N) is 1. The van der Waals surface area contributed by atoms with Crippen molar-refractivity contribution in [2.45, 2.75) is 57.7 Å². The van der Waals surface area contributed by atoms with Gasteiger partial charge >= 0.3 is 6.11 Å². The van der Waals surface area contributed by atoms with E-state index in [0.717, 1.165) is 31.2 Å². The summed E-state index contributed by atoms with van der Waals surface area (Å²) in [5.41, 5.74) is 2.09. The lowest BCUT2D eigenvalue weighted by Gasteiger charge is -2.27. The molecule has 0 amide bonds. The molecule has 1 atom stereocenters. The van der Waals surface area contributed by atoms with Crippen LogP contribution in [0.2, 0.25) is 0 Å². The van der Waals surface area contributed by atoms with Crippen molar-refractivity contribution in [3.05, 3.63) is 82.9 Å². The van der Waals surface area contributed by atoms with Gasteiger partial charge in [-0.2, -0.15) is 14.0 Å². The molecule has 0 radical (unpaired) electrons. The van der Waals surface area contributed by atoms with E-state index >= 15 is 0 Å². The van der Waals surface area contributed by atoms with Crippen LogP contribution in [0.15, 0.2) is 60.7 Å². The van der Waals surface area contributed by atoms with E-state index in [0.29, 0.717) is 23.0 Å². The minimum absolute atomic E-state index is 0.135. The maximum absolute atomic E-state index is 14.7. The molecule has 2 nitrogen and oxygen atoms in total. The highest BCUT2D eigenvalue weighted by molar-refractivity contribution is 5.32. The highest BCUT2D eigenvalue weighted by Crippen LogP contribution is 2.39. The van der Waals surface area contributed by atoms with Crippen LogP contribution < -0.4 is 0 Å². The van der Waals surface area contributed by atoms with Gasteiger partial charge < -0.3 is 4.74 Å². The van der Waals surface area contributed by atoms with E-state index in [9.17, 15) is 8.78 Å². The van der Waals surface area contributed by atoms with Gasteiger partial charge in [-0.3, -0.25) is 0 Å². The van der Waals surface area contributed by atoms with E-state index < -0.39 is 12.2 Å². The van der Waals surface area contributed by atoms with Crippen molar-refractivity contribution in [3.63, 3.8) is 0 Å². The largest absolute Gasteiger partial charge is 0.383 e. The van der Waals surface area contributed by atoms with E-state index in [-0.39, 0.29) is 5.56 Å². The summed E-state index contributed by atoms with van der Waals surface area (Å²) >= 11 is 0. The number of alkyl halides is 2. The van der Waals surface area contributed by atoms with Gasteiger partial charge in [0.05, 0.1) is 23.3 Å². The molecule has 1 aliphatic rings. The van der Waals surface area contributed by atoms with E-state index in [1.165, 1.54) is 12.1 Å². The second-order valence-corrected chi connectivity index (χ2v) is 7.77. The number of ether oxygens (including phenoxy) is 1. The lowest BCUT2D eigenvalue weighted by molar-refractivity contribution is -0.272. The fourth-order valence-corrected chi connectivity index (χ4v) is 4.05. The van der Waals surface area contributed by atoms with Crippen LogP contribution in [0.1, 0.15) is 73.8 Å². The van der Waals surface area contributed by atoms with Gasteiger partial charge in [0.2, 0.25) is 0 Å². The Labute approximate surface area is 171 Å². The third-order valence-corrected chi connectivity index (χ3v) is 5.79. The van der Waals surface area contributed by atoms with Crippen LogP contribution in [0, 0.1) is 17.2 Å². The number of rotatable bonds is 6. The molecule has 2 aromatic rings. The van der Waals surface area contributed by atoms with Gasteiger partial charge in [0.15, 0.2) is 0 Å². The zero-order chi connectivity index (χ0) is 20.9. The first-order valence-corrected chi connectivity index (χ1v) is 10.2. The monoisotopic (exact) mass is 395 g/mol. The number of halogens is 2. The first kappa shape index (κ1) is 21.2. The van der Waals surface area contributed by atoms with Crippen LogP contribution >= 0.6 is 0 Å². The van der Waals surface area contributed by atoms with Gasteiger partial charge in [0.25, 0.3) is 0 Å². The fourth-order valence-electron chi connectivity index (χ4n) is 4.05. The van der Waals surface area contributed by atoms with E-state index in [1.807, 2.05) is 18.2 Å². The normalized spacial score (nSPS) is 21.1. The van der Waals surface area contributed by atoms with Crippen molar-refractivity contribution in [2.24, 2.45) is 5.92 Å². The number of hydrogen-bond donors (Lipinski definition) is 0. The average molecular weight is 395 g/mol. The summed E-state index contributed by atoms with van der Waals surface area (Å²) in [6.07, 6.45) is 4.70. The van der Waals surface area contributed by atoms with Crippen molar-refractivity contribution in [1.82, 2.24) is 0 Å². The minimum Gasteiger partial charge on any atom is -0.309 e. The van der Waals surface area contributed by atoms with Crippen LogP contribution in [-0.2, 0) is 10.8 Å². The van der Waals surface area contributed by atoms with Gasteiger partial charge in [-0.05, 0) is 74.6 Å². The van der Waals surface area contributed by atoms with E-state index in [1.54, 1.807) is 31.2 Å². The Bertz CT molecular complexity index is 857. The average Bonchev–Trinajstić information content (AvgIpc) is 2.74. The van der Waals surface area contributed by atoms with Gasteiger partial charge in [-0.15, -0.1) is 0 Å². The molecule has 1 unspecified atom stereocenters. The van der Waals surface area contributed by atoms with Crippen molar-refractivity contribution in [1.29, 1.82) is 5.26 Å². The summed E-state index contributed by atoms with van der Waals surface area (Å²) in [4.78, 5) is 0. The molecule has 0 bridgehead atoms. The van der Waals surface area contributed by atoms with E-state index in [4.69, 9.17) is 10.00 Å². The molecule has 0 heterocycles. The SMILES string of the molecule is C/C=C/C1CCC(c2ccc(C(F)(F)OC(C)c3ccc(C#N)cc3)cc2)CC1. The van der Waals surface area contributed by atoms with Crippen LogP contribution in [0.5, 0.6) is 0 Å². The maximum Gasteiger partial charge on any atom is 0.383 e. The lowest BCUT2D eigenvalue weighted by atomic mass is 9.78. The zero-order valence-corrected chi connectivity index (χ0v) is 16.9. The van der Waals surface area contributed by atoms with Crippen molar-refractivity contribution >= 4 is 0 Å². The first-order valence-electron chi connectivity index (χ1n) is 10.2. The molecule has 152 valence electrons. The smallest absolute Gasteiger partial charge is 0.309 e. The predicted molar refractivity (Wildman–Crippen MR) is 111 cm³/mol. The molecule has 1 aliphatic carbocycles. The fraction of sp³-hybridized carbons (Fsp3) is 0.400. The number of nitriles is 1. The molecular weight excluding hydrogens is 368 g/mol. The van der Waals surface area contributed by atoms with Crippen LogP contribution in [0.4, 0.5) is 8.78 Å². The van der Waals surface area contributed by atoms with Gasteiger partial charge in [-0.25, -0.2) is 0 Å². The molecule has 2 aromatic carbocycles. The summed E-state index contributed by atoms with van der Waals surface area (Å²) in [6.45, 7) is 3.64. The third-order valence-electron chi connectivity index (χ3n) is 5.79. The van der Waals surface area contributed by atoms with Crippen molar-refractivity contribution in [3.8, 4) is 6.07 Å². The number of hydrogen-bond acceptors (Lipinski definition) is 2. The predicted octanol–water partition coefficient (Wildman–Crippen LogP) is 7.24. The zero-order valence-electron chi connectivity index (χ0n) is 16.9. The highest BCUT2D eigenvalue weighted by Gasteiger charge is 2.35. The Morgan fingerprint density at radius 3 is 2.21 bits per heavy atom. The van der Waals surface area contributed by atoms with Crippen molar-refractivity contribution < 1.29 is 13.5 Å². The Morgan fingerprint density at radius 1 is 1.03 bits per heavy atom. The molecule has 0 aliphatic heterocycles. The molecule has 1 fully saturated rings. The molecule has 0 aromatic heterocycles. The molecule has 3 rings (SSSR count). The van der Waals surface area contributed by atoms with Gasteiger partial charge in [-0.1, -0.05) is 48.6 Å². The Hall–Kier alpha value is -2.51. The van der Waals surface area contributed by atoms with E-state index in [2.05, 4.69) is 19.1 Å². The lowest BCUT2D eigenvalue weighted by Crippen LogP contribution is -2.20. The molecule has 4 heteroatoms. The van der Waals surface area contributed by atoms with Gasteiger partial charge in [0.1, 0.15) is 0 Å². The topological polar surface area (TPSA) is 33.0 Å². The summed E-state index contributed by atoms with van der Waals surface area (Å²) < 4.78 is 34.4. The Morgan fingerprint density at radius 2 is 1.66 bits per heavy atom. The molecule has 0 spiro atoms. The number of benzene rings is 2. The first-order chi connectivity index (χ1) is 13.9. The standard InChI is InChI=1S/C25H27F2NO/c1-3-4-19-5-11-22(12-6-19)23-13-15-24(16-14-23)25(26,27)29-18(2)21-9-7-20(17-28)8-10-21/h3-4,7-10,13-16,18-19,22H,5-6,11-12H2,1-2H3/b4-3+. The second-order valence-electron chi connectivity index (χ2n) is 7.77. The van der Waals surface area contributed by atoms with Crippen LogP contribution in [0.25, 0.3) is 0 Å². The summed E-state index contributed by atoms with van der Waals surface area (Å²) in [5.74, 6) is 1.09. The van der Waals surface area contributed by atoms with Crippen molar-refractivity contribution in [2.75, 3.05) is 0 Å². The minimum atomic E-state index is -3.38. The van der Waals surface area contributed by atoms with Crippen LogP contribution in [-0.4, -0.2) is 0 Å². The Balaban J connectivity index is 1.64. The Kier molecular flexibility index (Phi) is 6.82. The second kappa shape index (κ2) is 9.33. The quantitative estimate of drug-likeness (QED) is 0.483. The van der Waals surface area contributed by atoms with Crippen LogP contribution in [0.3, 0.4) is 0 Å². The highest BCUT2D eigenvalue weighted by atomic mass is 19.3. The molecule has 1 saturated carbocycles. The number of allylic oxidation sites excluding steroid dienone is 2. The molecule has 0 N–H and O–H groups in total. The summed E-state index contributed by atoms with van der Waals surface area (Å²) in [6, 6.07) is 15.1. The van der Waals surface area contributed by atoms with Gasteiger partial charge in [0, 0.05) is 0 Å². The maximum atomic E-state index is 14.7. The summed E-state index contributed by atoms with van der Waals surface area (Å²) in [5, 5.41) is 8.85. The molecule has 0 saturated heterocycles. The molecular formula is C25H27F2NO. The summed E-state index contributed by atoms with van der Waals surface area (Å²) in [7, 11) is 0. The third kappa shape index (κ3) is 5.31.